The van der Waals surface area contributed by atoms with E-state index in [1.807, 2.05) is 16.8 Å². The van der Waals surface area contributed by atoms with Gasteiger partial charge in [0.15, 0.2) is 0 Å². The first-order valence-corrected chi connectivity index (χ1v) is 5.29. The van der Waals surface area contributed by atoms with E-state index in [1.54, 1.807) is 0 Å². The molecule has 1 heterocycles. The van der Waals surface area contributed by atoms with Crippen LogP contribution in [0, 0.1) is 5.82 Å². The molecule has 2 rings (SSSR count). The highest BCUT2D eigenvalue weighted by atomic mass is 32.1. The van der Waals surface area contributed by atoms with Crippen molar-refractivity contribution >= 4 is 22.9 Å². The standard InChI is InChI=1S/C11H8FNOS/c12-9-3-1-8(2-4-9)11(14)13-10-5-6-15-7-10/h1-7H,(H,13,14). The molecule has 15 heavy (non-hydrogen) atoms. The Morgan fingerprint density at radius 3 is 2.53 bits per heavy atom. The van der Waals surface area contributed by atoms with Crippen LogP contribution >= 0.6 is 11.3 Å². The third-order valence-electron chi connectivity index (χ3n) is 1.89. The summed E-state index contributed by atoms with van der Waals surface area (Å²) in [4.78, 5) is 11.6. The van der Waals surface area contributed by atoms with Crippen LogP contribution in [0.4, 0.5) is 10.1 Å². The number of amides is 1. The van der Waals surface area contributed by atoms with E-state index in [1.165, 1.54) is 35.6 Å². The molecule has 76 valence electrons. The van der Waals surface area contributed by atoms with Crippen molar-refractivity contribution in [2.45, 2.75) is 0 Å². The molecule has 0 spiro atoms. The van der Waals surface area contributed by atoms with Gasteiger partial charge >= 0.3 is 0 Å². The lowest BCUT2D eigenvalue weighted by Gasteiger charge is -2.01. The summed E-state index contributed by atoms with van der Waals surface area (Å²) in [5.41, 5.74) is 1.21. The van der Waals surface area contributed by atoms with Crippen molar-refractivity contribution in [1.82, 2.24) is 0 Å². The van der Waals surface area contributed by atoms with Gasteiger partial charge in [-0.2, -0.15) is 11.3 Å². The van der Waals surface area contributed by atoms with E-state index in [-0.39, 0.29) is 11.7 Å². The van der Waals surface area contributed by atoms with E-state index in [0.717, 1.165) is 5.69 Å². The topological polar surface area (TPSA) is 29.1 Å². The monoisotopic (exact) mass is 221 g/mol. The number of halogens is 1. The first-order valence-electron chi connectivity index (χ1n) is 4.35. The molecule has 0 aliphatic carbocycles. The van der Waals surface area contributed by atoms with Crippen molar-refractivity contribution in [3.63, 3.8) is 0 Å². The van der Waals surface area contributed by atoms with Gasteiger partial charge < -0.3 is 5.32 Å². The first kappa shape index (κ1) is 9.86. The van der Waals surface area contributed by atoms with Gasteiger partial charge in [-0.25, -0.2) is 4.39 Å². The summed E-state index contributed by atoms with van der Waals surface area (Å²) < 4.78 is 12.6. The number of anilines is 1. The smallest absolute Gasteiger partial charge is 0.255 e. The Labute approximate surface area is 90.4 Å². The maximum Gasteiger partial charge on any atom is 0.255 e. The van der Waals surface area contributed by atoms with Gasteiger partial charge in [-0.3, -0.25) is 4.79 Å². The fourth-order valence-corrected chi connectivity index (χ4v) is 1.73. The van der Waals surface area contributed by atoms with Crippen LogP contribution in [-0.4, -0.2) is 5.91 Å². The second-order valence-electron chi connectivity index (χ2n) is 2.97. The first-order chi connectivity index (χ1) is 7.25. The Hall–Kier alpha value is -1.68. The van der Waals surface area contributed by atoms with Gasteiger partial charge in [0.2, 0.25) is 0 Å². The average Bonchev–Trinajstić information content (AvgIpc) is 2.71. The number of nitrogens with one attached hydrogen (secondary N) is 1. The minimum atomic E-state index is -0.345. The molecule has 0 unspecified atom stereocenters. The highest BCUT2D eigenvalue weighted by molar-refractivity contribution is 7.08. The Bertz CT molecular complexity index is 450. The molecule has 0 fully saturated rings. The fourth-order valence-electron chi connectivity index (χ4n) is 1.14. The largest absolute Gasteiger partial charge is 0.321 e. The number of carbonyl (C=O) groups excluding carboxylic acids is 1. The van der Waals surface area contributed by atoms with Crippen LogP contribution in [0.2, 0.25) is 0 Å². The number of benzene rings is 1. The maximum absolute atomic E-state index is 12.6. The zero-order chi connectivity index (χ0) is 10.7. The van der Waals surface area contributed by atoms with Gasteiger partial charge in [0.25, 0.3) is 5.91 Å². The highest BCUT2D eigenvalue weighted by Gasteiger charge is 2.05. The number of carbonyl (C=O) groups is 1. The molecule has 1 aromatic heterocycles. The van der Waals surface area contributed by atoms with Crippen LogP contribution in [0.1, 0.15) is 10.4 Å². The SMILES string of the molecule is O=C(Nc1ccsc1)c1ccc(F)cc1. The van der Waals surface area contributed by atoms with Crippen molar-refractivity contribution in [3.8, 4) is 0 Å². The second kappa shape index (κ2) is 4.23. The van der Waals surface area contributed by atoms with Crippen LogP contribution in [0.5, 0.6) is 0 Å². The predicted molar refractivity (Wildman–Crippen MR) is 58.7 cm³/mol. The van der Waals surface area contributed by atoms with Crippen molar-refractivity contribution in [1.29, 1.82) is 0 Å². The predicted octanol–water partition coefficient (Wildman–Crippen LogP) is 3.14. The quantitative estimate of drug-likeness (QED) is 0.829. The third-order valence-corrected chi connectivity index (χ3v) is 2.57. The molecular weight excluding hydrogens is 213 g/mol. The van der Waals surface area contributed by atoms with E-state index >= 15 is 0 Å². The van der Waals surface area contributed by atoms with Crippen molar-refractivity contribution in [3.05, 3.63) is 52.5 Å². The molecule has 0 atom stereocenters. The summed E-state index contributed by atoms with van der Waals surface area (Å²) in [5.74, 6) is -0.574. The van der Waals surface area contributed by atoms with E-state index in [0.29, 0.717) is 5.56 Å². The van der Waals surface area contributed by atoms with Crippen LogP contribution in [0.25, 0.3) is 0 Å². The fraction of sp³-hybridized carbons (Fsp3) is 0. The maximum atomic E-state index is 12.6. The zero-order valence-electron chi connectivity index (χ0n) is 7.74. The number of hydrogen-bond acceptors (Lipinski definition) is 2. The molecule has 0 aliphatic heterocycles. The minimum absolute atomic E-state index is 0.228. The molecule has 0 aliphatic rings. The highest BCUT2D eigenvalue weighted by Crippen LogP contribution is 2.13. The molecule has 2 aromatic rings. The van der Waals surface area contributed by atoms with Gasteiger partial charge in [0, 0.05) is 10.9 Å². The van der Waals surface area contributed by atoms with E-state index in [2.05, 4.69) is 5.32 Å². The Morgan fingerprint density at radius 2 is 1.93 bits per heavy atom. The number of hydrogen-bond donors (Lipinski definition) is 1. The Morgan fingerprint density at radius 1 is 1.20 bits per heavy atom. The van der Waals surface area contributed by atoms with E-state index in [4.69, 9.17) is 0 Å². The molecule has 0 saturated heterocycles. The van der Waals surface area contributed by atoms with E-state index in [9.17, 15) is 9.18 Å². The summed E-state index contributed by atoms with van der Waals surface area (Å²) in [6.45, 7) is 0. The van der Waals surface area contributed by atoms with Crippen molar-refractivity contribution in [2.24, 2.45) is 0 Å². The summed E-state index contributed by atoms with van der Waals surface area (Å²) >= 11 is 1.50. The lowest BCUT2D eigenvalue weighted by Crippen LogP contribution is -2.10. The summed E-state index contributed by atoms with van der Waals surface area (Å²) in [7, 11) is 0. The van der Waals surface area contributed by atoms with Crippen LogP contribution in [-0.2, 0) is 0 Å². The van der Waals surface area contributed by atoms with Crippen LogP contribution < -0.4 is 5.32 Å². The molecule has 1 amide bonds. The Kier molecular flexibility index (Phi) is 2.78. The van der Waals surface area contributed by atoms with Crippen LogP contribution in [0.3, 0.4) is 0 Å². The zero-order valence-corrected chi connectivity index (χ0v) is 8.55. The molecule has 1 N–H and O–H groups in total. The molecule has 0 radical (unpaired) electrons. The van der Waals surface area contributed by atoms with Gasteiger partial charge in [-0.15, -0.1) is 0 Å². The van der Waals surface area contributed by atoms with Gasteiger partial charge in [-0.05, 0) is 35.7 Å². The number of rotatable bonds is 2. The van der Waals surface area contributed by atoms with Crippen molar-refractivity contribution < 1.29 is 9.18 Å². The van der Waals surface area contributed by atoms with Gasteiger partial charge in [0.05, 0.1) is 5.69 Å². The molecule has 4 heteroatoms. The molecule has 1 aromatic carbocycles. The lowest BCUT2D eigenvalue weighted by molar-refractivity contribution is 0.102. The van der Waals surface area contributed by atoms with Crippen LogP contribution in [0.15, 0.2) is 41.1 Å². The minimum Gasteiger partial charge on any atom is -0.321 e. The number of thiophene rings is 1. The summed E-state index contributed by atoms with van der Waals surface area (Å²) in [6, 6.07) is 7.26. The lowest BCUT2D eigenvalue weighted by atomic mass is 10.2. The van der Waals surface area contributed by atoms with Gasteiger partial charge in [-0.1, -0.05) is 0 Å². The molecular formula is C11H8FNOS. The van der Waals surface area contributed by atoms with Gasteiger partial charge in [0.1, 0.15) is 5.82 Å². The van der Waals surface area contributed by atoms with Crippen molar-refractivity contribution in [2.75, 3.05) is 5.32 Å². The molecule has 0 bridgehead atoms. The summed E-state index contributed by atoms with van der Waals surface area (Å²) in [5, 5.41) is 6.42. The normalized spacial score (nSPS) is 9.93. The molecule has 0 saturated carbocycles. The Balaban J connectivity index is 2.11. The third kappa shape index (κ3) is 2.41. The molecule has 2 nitrogen and oxygen atoms in total. The summed E-state index contributed by atoms with van der Waals surface area (Å²) in [6.07, 6.45) is 0. The van der Waals surface area contributed by atoms with E-state index < -0.39 is 0 Å². The second-order valence-corrected chi connectivity index (χ2v) is 3.75. The average molecular weight is 221 g/mol.